The van der Waals surface area contributed by atoms with Gasteiger partial charge in [-0.1, -0.05) is 37.1 Å². The number of aryl methyl sites for hydroxylation is 1. The van der Waals surface area contributed by atoms with Crippen molar-refractivity contribution in [2.45, 2.75) is 43.9 Å². The summed E-state index contributed by atoms with van der Waals surface area (Å²) in [6.45, 7) is 3.10. The fourth-order valence-electron chi connectivity index (χ4n) is 3.60. The Hall–Kier alpha value is -2.71. The molecule has 2 aromatic rings. The Bertz CT molecular complexity index is 1030. The molecule has 0 radical (unpaired) electrons. The van der Waals surface area contributed by atoms with E-state index in [-0.39, 0.29) is 29.7 Å². The number of nitrogens with zero attached hydrogens (tertiary/aromatic N) is 1. The van der Waals surface area contributed by atoms with Crippen LogP contribution in [0.25, 0.3) is 0 Å². The maximum absolute atomic E-state index is 13.0. The maximum Gasteiger partial charge on any atom is 0.251 e. The van der Waals surface area contributed by atoms with Gasteiger partial charge < -0.3 is 10.6 Å². The van der Waals surface area contributed by atoms with Gasteiger partial charge in [-0.05, 0) is 49.6 Å². The molecule has 0 spiro atoms. The number of sulfonamides is 1. The average Bonchev–Trinajstić information content (AvgIpc) is 3.04. The Morgan fingerprint density at radius 2 is 1.68 bits per heavy atom. The van der Waals surface area contributed by atoms with E-state index in [0.29, 0.717) is 24.3 Å². The highest BCUT2D eigenvalue weighted by Gasteiger charge is 2.25. The van der Waals surface area contributed by atoms with Crippen molar-refractivity contribution >= 4 is 27.5 Å². The highest BCUT2D eigenvalue weighted by molar-refractivity contribution is 7.89. The minimum absolute atomic E-state index is 0.0841. The van der Waals surface area contributed by atoms with Crippen LogP contribution in [0.3, 0.4) is 0 Å². The molecule has 2 amide bonds. The van der Waals surface area contributed by atoms with Gasteiger partial charge >= 0.3 is 0 Å². The SMILES string of the molecule is Cc1ccccc1C(=O)NCCC(=O)Nc1cccc(S(=O)(=O)N2CCCCCC2)c1. The predicted molar refractivity (Wildman–Crippen MR) is 120 cm³/mol. The predicted octanol–water partition coefficient (Wildman–Crippen LogP) is 3.32. The van der Waals surface area contributed by atoms with Crippen LogP contribution in [0.5, 0.6) is 0 Å². The van der Waals surface area contributed by atoms with Crippen molar-refractivity contribution < 1.29 is 18.0 Å². The molecule has 8 heteroatoms. The van der Waals surface area contributed by atoms with Crippen LogP contribution in [0, 0.1) is 6.92 Å². The zero-order chi connectivity index (χ0) is 22.3. The summed E-state index contributed by atoms with van der Waals surface area (Å²) in [5.41, 5.74) is 1.87. The number of benzene rings is 2. The van der Waals surface area contributed by atoms with E-state index in [9.17, 15) is 18.0 Å². The fraction of sp³-hybridized carbons (Fsp3) is 0.391. The third kappa shape index (κ3) is 6.15. The van der Waals surface area contributed by atoms with Gasteiger partial charge in [0.05, 0.1) is 4.90 Å². The zero-order valence-electron chi connectivity index (χ0n) is 17.8. The van der Waals surface area contributed by atoms with Gasteiger partial charge in [-0.15, -0.1) is 0 Å². The summed E-state index contributed by atoms with van der Waals surface area (Å²) in [5, 5.41) is 5.46. The molecule has 0 aromatic heterocycles. The standard InChI is InChI=1S/C23H29N3O4S/c1-18-9-4-5-12-21(18)23(28)24-14-13-22(27)25-19-10-8-11-20(17-19)31(29,30)26-15-6-2-3-7-16-26/h4-5,8-12,17H,2-3,6-7,13-16H2,1H3,(H,24,28)(H,25,27). The molecular weight excluding hydrogens is 414 g/mol. The number of carbonyl (C=O) groups is 2. The summed E-state index contributed by atoms with van der Waals surface area (Å²) in [6.07, 6.45) is 3.90. The highest BCUT2D eigenvalue weighted by Crippen LogP contribution is 2.22. The third-order valence-corrected chi connectivity index (χ3v) is 7.24. The second kappa shape index (κ2) is 10.5. The summed E-state index contributed by atoms with van der Waals surface area (Å²) in [7, 11) is -3.58. The van der Waals surface area contributed by atoms with E-state index in [1.54, 1.807) is 30.3 Å². The Morgan fingerprint density at radius 1 is 0.968 bits per heavy atom. The van der Waals surface area contributed by atoms with Crippen molar-refractivity contribution in [2.75, 3.05) is 25.0 Å². The molecule has 31 heavy (non-hydrogen) atoms. The van der Waals surface area contributed by atoms with Crippen LogP contribution in [0.15, 0.2) is 53.4 Å². The van der Waals surface area contributed by atoms with Crippen LogP contribution in [-0.4, -0.2) is 44.2 Å². The molecule has 0 unspecified atom stereocenters. The lowest BCUT2D eigenvalue weighted by Crippen LogP contribution is -2.32. The highest BCUT2D eigenvalue weighted by atomic mass is 32.2. The van der Waals surface area contributed by atoms with Crippen molar-refractivity contribution in [2.24, 2.45) is 0 Å². The van der Waals surface area contributed by atoms with Crippen LogP contribution in [0.2, 0.25) is 0 Å². The lowest BCUT2D eigenvalue weighted by atomic mass is 10.1. The van der Waals surface area contributed by atoms with Crippen molar-refractivity contribution in [1.29, 1.82) is 0 Å². The zero-order valence-corrected chi connectivity index (χ0v) is 18.6. The Kier molecular flexibility index (Phi) is 7.81. The van der Waals surface area contributed by atoms with Crippen molar-refractivity contribution in [3.05, 3.63) is 59.7 Å². The van der Waals surface area contributed by atoms with Gasteiger partial charge in [0.1, 0.15) is 0 Å². The molecule has 1 aliphatic heterocycles. The lowest BCUT2D eigenvalue weighted by Gasteiger charge is -2.20. The molecule has 3 rings (SSSR count). The largest absolute Gasteiger partial charge is 0.352 e. The van der Waals surface area contributed by atoms with E-state index < -0.39 is 10.0 Å². The van der Waals surface area contributed by atoms with Gasteiger partial charge in [-0.2, -0.15) is 4.31 Å². The Labute approximate surface area is 183 Å². The molecule has 0 saturated carbocycles. The summed E-state index contributed by atoms with van der Waals surface area (Å²) >= 11 is 0. The summed E-state index contributed by atoms with van der Waals surface area (Å²) in [5.74, 6) is -0.522. The molecule has 1 heterocycles. The number of amides is 2. The maximum atomic E-state index is 13.0. The van der Waals surface area contributed by atoms with Gasteiger partial charge in [-0.3, -0.25) is 9.59 Å². The van der Waals surface area contributed by atoms with Crippen molar-refractivity contribution in [3.63, 3.8) is 0 Å². The molecule has 1 fully saturated rings. The van der Waals surface area contributed by atoms with Crippen LogP contribution in [0.4, 0.5) is 5.69 Å². The Balaban J connectivity index is 1.56. The number of hydrogen-bond acceptors (Lipinski definition) is 4. The number of nitrogens with one attached hydrogen (secondary N) is 2. The quantitative estimate of drug-likeness (QED) is 0.686. The van der Waals surface area contributed by atoms with Crippen molar-refractivity contribution in [1.82, 2.24) is 9.62 Å². The van der Waals surface area contributed by atoms with E-state index in [4.69, 9.17) is 0 Å². The molecule has 0 atom stereocenters. The fourth-order valence-corrected chi connectivity index (χ4v) is 5.16. The van der Waals surface area contributed by atoms with E-state index in [0.717, 1.165) is 31.2 Å². The summed E-state index contributed by atoms with van der Waals surface area (Å²) < 4.78 is 27.4. The molecule has 0 aliphatic carbocycles. The smallest absolute Gasteiger partial charge is 0.251 e. The minimum atomic E-state index is -3.58. The monoisotopic (exact) mass is 443 g/mol. The molecule has 7 nitrogen and oxygen atoms in total. The van der Waals surface area contributed by atoms with Gasteiger partial charge in [0.2, 0.25) is 15.9 Å². The first kappa shape index (κ1) is 23.0. The topological polar surface area (TPSA) is 95.6 Å². The molecule has 2 N–H and O–H groups in total. The van der Waals surface area contributed by atoms with Crippen LogP contribution >= 0.6 is 0 Å². The first-order valence-electron chi connectivity index (χ1n) is 10.6. The average molecular weight is 444 g/mol. The lowest BCUT2D eigenvalue weighted by molar-refractivity contribution is -0.116. The third-order valence-electron chi connectivity index (χ3n) is 5.35. The summed E-state index contributed by atoms with van der Waals surface area (Å²) in [4.78, 5) is 24.7. The van der Waals surface area contributed by atoms with E-state index in [2.05, 4.69) is 10.6 Å². The van der Waals surface area contributed by atoms with Gasteiger partial charge in [0.15, 0.2) is 0 Å². The Morgan fingerprint density at radius 3 is 2.39 bits per heavy atom. The molecule has 1 saturated heterocycles. The van der Waals surface area contributed by atoms with E-state index in [1.807, 2.05) is 19.1 Å². The first-order valence-corrected chi connectivity index (χ1v) is 12.1. The van der Waals surface area contributed by atoms with Crippen LogP contribution in [0.1, 0.15) is 48.0 Å². The number of anilines is 1. The number of rotatable bonds is 7. The molecule has 1 aliphatic rings. The van der Waals surface area contributed by atoms with E-state index in [1.165, 1.54) is 10.4 Å². The normalized spacial score (nSPS) is 15.1. The van der Waals surface area contributed by atoms with Gasteiger partial charge in [0, 0.05) is 37.3 Å². The van der Waals surface area contributed by atoms with Crippen molar-refractivity contribution in [3.8, 4) is 0 Å². The van der Waals surface area contributed by atoms with Crippen LogP contribution < -0.4 is 10.6 Å². The molecule has 0 bridgehead atoms. The second-order valence-corrected chi connectivity index (χ2v) is 9.65. The summed E-state index contributed by atoms with van der Waals surface area (Å²) in [6, 6.07) is 13.6. The number of hydrogen-bond donors (Lipinski definition) is 2. The molecule has 166 valence electrons. The van der Waals surface area contributed by atoms with Gasteiger partial charge in [0.25, 0.3) is 5.91 Å². The van der Waals surface area contributed by atoms with Gasteiger partial charge in [-0.25, -0.2) is 8.42 Å². The van der Waals surface area contributed by atoms with E-state index >= 15 is 0 Å². The minimum Gasteiger partial charge on any atom is -0.352 e. The van der Waals surface area contributed by atoms with Crippen LogP contribution in [-0.2, 0) is 14.8 Å². The second-order valence-electron chi connectivity index (χ2n) is 7.72. The number of carbonyl (C=O) groups excluding carboxylic acids is 2. The molecular formula is C23H29N3O4S. The molecule has 2 aromatic carbocycles. The first-order chi connectivity index (χ1) is 14.9.